The number of rotatable bonds is 2. The predicted molar refractivity (Wildman–Crippen MR) is 58.9 cm³/mol. The third kappa shape index (κ3) is 1.77. The van der Waals surface area contributed by atoms with Crippen molar-refractivity contribution in [3.05, 3.63) is 54.3 Å². The maximum Gasteiger partial charge on any atom is 0.133 e. The Morgan fingerprint density at radius 2 is 2.07 bits per heavy atom. The number of furan rings is 1. The van der Waals surface area contributed by atoms with Gasteiger partial charge in [0.15, 0.2) is 0 Å². The molecule has 2 rings (SSSR count). The minimum Gasteiger partial charge on any atom is -0.464 e. The van der Waals surface area contributed by atoms with E-state index in [1.165, 1.54) is 5.56 Å². The van der Waals surface area contributed by atoms with E-state index in [0.29, 0.717) is 0 Å². The second kappa shape index (κ2) is 3.97. The highest BCUT2D eigenvalue weighted by Gasteiger charge is 1.99. The molecule has 0 aliphatic rings. The van der Waals surface area contributed by atoms with Gasteiger partial charge in [-0.1, -0.05) is 30.4 Å². The highest BCUT2D eigenvalue weighted by Crippen LogP contribution is 2.21. The average molecular weight is 184 g/mol. The molecule has 1 aromatic carbocycles. The second-order valence-electron chi connectivity index (χ2n) is 3.10. The molecule has 0 N–H and O–H groups in total. The van der Waals surface area contributed by atoms with Gasteiger partial charge in [-0.3, -0.25) is 0 Å². The molecule has 1 aromatic heterocycles. The van der Waals surface area contributed by atoms with Crippen molar-refractivity contribution in [3.8, 4) is 11.3 Å². The van der Waals surface area contributed by atoms with Crippen molar-refractivity contribution in [2.75, 3.05) is 0 Å². The zero-order valence-corrected chi connectivity index (χ0v) is 8.10. The van der Waals surface area contributed by atoms with Crippen LogP contribution in [0.15, 0.2) is 53.2 Å². The summed E-state index contributed by atoms with van der Waals surface area (Å²) in [4.78, 5) is 0. The summed E-state index contributed by atoms with van der Waals surface area (Å²) in [6.07, 6.45) is 5.80. The van der Waals surface area contributed by atoms with Crippen LogP contribution in [0.3, 0.4) is 0 Å². The first-order chi connectivity index (χ1) is 6.90. The van der Waals surface area contributed by atoms with Gasteiger partial charge >= 0.3 is 0 Å². The largest absolute Gasteiger partial charge is 0.464 e. The first-order valence-electron chi connectivity index (χ1n) is 4.67. The molecule has 1 heterocycles. The monoisotopic (exact) mass is 184 g/mol. The third-order valence-corrected chi connectivity index (χ3v) is 2.05. The van der Waals surface area contributed by atoms with Gasteiger partial charge in [0.2, 0.25) is 0 Å². The molecular weight excluding hydrogens is 172 g/mol. The summed E-state index contributed by atoms with van der Waals surface area (Å²) in [7, 11) is 0. The summed E-state index contributed by atoms with van der Waals surface area (Å²) in [6.45, 7) is 2.01. The summed E-state index contributed by atoms with van der Waals surface area (Å²) in [5.41, 5.74) is 2.31. The summed E-state index contributed by atoms with van der Waals surface area (Å²) in [5, 5.41) is 0. The Balaban J connectivity index is 2.40. The summed E-state index contributed by atoms with van der Waals surface area (Å²) in [5.74, 6) is 0.913. The van der Waals surface area contributed by atoms with Crippen LogP contribution in [0.2, 0.25) is 0 Å². The zero-order chi connectivity index (χ0) is 9.80. The Bertz CT molecular complexity index is 424. The molecule has 0 radical (unpaired) electrons. The standard InChI is InChI=1S/C13H12O/c1-2-5-11-6-3-7-12(10-11)13-8-4-9-14-13/h2-10H,1H3/b5-2+. The highest BCUT2D eigenvalue weighted by atomic mass is 16.3. The third-order valence-electron chi connectivity index (χ3n) is 2.05. The van der Waals surface area contributed by atoms with E-state index in [1.807, 2.05) is 37.3 Å². The lowest BCUT2D eigenvalue weighted by molar-refractivity contribution is 0.582. The Morgan fingerprint density at radius 1 is 1.14 bits per heavy atom. The van der Waals surface area contributed by atoms with Crippen molar-refractivity contribution in [1.82, 2.24) is 0 Å². The Hall–Kier alpha value is -1.76. The molecule has 14 heavy (non-hydrogen) atoms. The van der Waals surface area contributed by atoms with Crippen LogP contribution in [-0.2, 0) is 0 Å². The molecule has 1 heteroatoms. The molecule has 1 nitrogen and oxygen atoms in total. The van der Waals surface area contributed by atoms with Crippen molar-refractivity contribution >= 4 is 6.08 Å². The maximum atomic E-state index is 5.33. The van der Waals surface area contributed by atoms with E-state index in [0.717, 1.165) is 11.3 Å². The van der Waals surface area contributed by atoms with Crippen LogP contribution in [-0.4, -0.2) is 0 Å². The van der Waals surface area contributed by atoms with E-state index in [2.05, 4.69) is 18.2 Å². The van der Waals surface area contributed by atoms with E-state index >= 15 is 0 Å². The molecule has 0 unspecified atom stereocenters. The number of benzene rings is 1. The molecule has 2 aromatic rings. The van der Waals surface area contributed by atoms with E-state index in [-0.39, 0.29) is 0 Å². The average Bonchev–Trinajstić information content (AvgIpc) is 2.71. The first-order valence-corrected chi connectivity index (χ1v) is 4.67. The Labute approximate surface area is 83.7 Å². The van der Waals surface area contributed by atoms with Crippen molar-refractivity contribution in [2.45, 2.75) is 6.92 Å². The van der Waals surface area contributed by atoms with E-state index in [1.54, 1.807) is 6.26 Å². The molecule has 0 amide bonds. The molecule has 0 atom stereocenters. The Kier molecular flexibility index (Phi) is 2.50. The molecule has 70 valence electrons. The SMILES string of the molecule is C/C=C/c1cccc(-c2ccco2)c1. The van der Waals surface area contributed by atoms with Gasteiger partial charge in [0.05, 0.1) is 6.26 Å². The highest BCUT2D eigenvalue weighted by molar-refractivity contribution is 5.63. The molecule has 0 fully saturated rings. The lowest BCUT2D eigenvalue weighted by Crippen LogP contribution is -1.75. The predicted octanol–water partition coefficient (Wildman–Crippen LogP) is 3.98. The van der Waals surface area contributed by atoms with Gasteiger partial charge in [-0.2, -0.15) is 0 Å². The van der Waals surface area contributed by atoms with Crippen molar-refractivity contribution < 1.29 is 4.42 Å². The van der Waals surface area contributed by atoms with Gasteiger partial charge in [0.1, 0.15) is 5.76 Å². The lowest BCUT2D eigenvalue weighted by Gasteiger charge is -1.98. The van der Waals surface area contributed by atoms with Gasteiger partial charge in [-0.15, -0.1) is 0 Å². The quantitative estimate of drug-likeness (QED) is 0.688. The summed E-state index contributed by atoms with van der Waals surface area (Å²) < 4.78 is 5.33. The molecule has 0 saturated carbocycles. The zero-order valence-electron chi connectivity index (χ0n) is 8.10. The van der Waals surface area contributed by atoms with Crippen molar-refractivity contribution in [3.63, 3.8) is 0 Å². The van der Waals surface area contributed by atoms with Crippen LogP contribution < -0.4 is 0 Å². The van der Waals surface area contributed by atoms with Gasteiger partial charge in [0.25, 0.3) is 0 Å². The van der Waals surface area contributed by atoms with E-state index in [4.69, 9.17) is 4.42 Å². The molecule has 0 aliphatic heterocycles. The van der Waals surface area contributed by atoms with Gasteiger partial charge in [-0.05, 0) is 30.7 Å². The second-order valence-corrected chi connectivity index (χ2v) is 3.10. The van der Waals surface area contributed by atoms with Crippen LogP contribution in [0.25, 0.3) is 17.4 Å². The maximum absolute atomic E-state index is 5.33. The lowest BCUT2D eigenvalue weighted by atomic mass is 10.1. The minimum absolute atomic E-state index is 0.913. The topological polar surface area (TPSA) is 13.1 Å². The van der Waals surface area contributed by atoms with Crippen LogP contribution >= 0.6 is 0 Å². The molecule has 0 saturated heterocycles. The smallest absolute Gasteiger partial charge is 0.133 e. The van der Waals surface area contributed by atoms with Gasteiger partial charge in [0, 0.05) is 5.56 Å². The number of allylic oxidation sites excluding steroid dienone is 1. The number of hydrogen-bond acceptors (Lipinski definition) is 1. The fourth-order valence-corrected chi connectivity index (χ4v) is 1.43. The van der Waals surface area contributed by atoms with Crippen LogP contribution in [0, 0.1) is 0 Å². The fraction of sp³-hybridized carbons (Fsp3) is 0.0769. The Morgan fingerprint density at radius 3 is 2.79 bits per heavy atom. The molecular formula is C13H12O. The molecule has 0 aliphatic carbocycles. The fourth-order valence-electron chi connectivity index (χ4n) is 1.43. The first kappa shape index (κ1) is 8.82. The van der Waals surface area contributed by atoms with E-state index < -0.39 is 0 Å². The van der Waals surface area contributed by atoms with Crippen molar-refractivity contribution in [1.29, 1.82) is 0 Å². The van der Waals surface area contributed by atoms with Gasteiger partial charge < -0.3 is 4.42 Å². The molecule has 0 spiro atoms. The minimum atomic E-state index is 0.913. The summed E-state index contributed by atoms with van der Waals surface area (Å²) >= 11 is 0. The number of hydrogen-bond donors (Lipinski definition) is 0. The summed E-state index contributed by atoms with van der Waals surface area (Å²) in [6, 6.07) is 12.1. The van der Waals surface area contributed by atoms with Crippen LogP contribution in [0.1, 0.15) is 12.5 Å². The van der Waals surface area contributed by atoms with Crippen molar-refractivity contribution in [2.24, 2.45) is 0 Å². The molecule has 0 bridgehead atoms. The van der Waals surface area contributed by atoms with Crippen LogP contribution in [0.4, 0.5) is 0 Å². The van der Waals surface area contributed by atoms with Gasteiger partial charge in [-0.25, -0.2) is 0 Å². The normalized spacial score (nSPS) is 10.9. The van der Waals surface area contributed by atoms with Crippen LogP contribution in [0.5, 0.6) is 0 Å². The van der Waals surface area contributed by atoms with E-state index in [9.17, 15) is 0 Å².